The van der Waals surface area contributed by atoms with Gasteiger partial charge in [0.2, 0.25) is 0 Å². The molecule has 124 valence electrons. The third-order valence-electron chi connectivity index (χ3n) is 2.90. The van der Waals surface area contributed by atoms with Gasteiger partial charge in [0.05, 0.1) is 12.8 Å². The largest absolute Gasteiger partial charge is 0.508 e. The number of nitrogens with zero attached hydrogens (tertiary/aromatic N) is 1. The van der Waals surface area contributed by atoms with E-state index in [0.29, 0.717) is 0 Å². The summed E-state index contributed by atoms with van der Waals surface area (Å²) in [7, 11) is 0. The summed E-state index contributed by atoms with van der Waals surface area (Å²) in [5, 5.41) is 24.6. The highest BCUT2D eigenvalue weighted by Gasteiger charge is 2.08. The topological polar surface area (TPSA) is 111 Å². The van der Waals surface area contributed by atoms with Gasteiger partial charge in [0.15, 0.2) is 0 Å². The molecule has 4 N–H and O–H groups in total. The average molecular weight is 331 g/mol. The van der Waals surface area contributed by atoms with Crippen molar-refractivity contribution >= 4 is 18.0 Å². The first-order valence-electron chi connectivity index (χ1n) is 6.83. The van der Waals surface area contributed by atoms with E-state index in [1.165, 1.54) is 36.5 Å². The summed E-state index contributed by atoms with van der Waals surface area (Å²) in [6.07, 6.45) is 1.18. The lowest BCUT2D eigenvalue weighted by Crippen LogP contribution is -2.34. The van der Waals surface area contributed by atoms with Crippen LogP contribution in [0.1, 0.15) is 15.9 Å². The van der Waals surface area contributed by atoms with E-state index < -0.39 is 17.6 Å². The quantitative estimate of drug-likeness (QED) is 0.486. The summed E-state index contributed by atoms with van der Waals surface area (Å²) >= 11 is 0. The maximum atomic E-state index is 13.0. The molecule has 8 heteroatoms. The maximum Gasteiger partial charge on any atom is 0.259 e. The van der Waals surface area contributed by atoms with Crippen molar-refractivity contribution in [3.8, 4) is 11.5 Å². The van der Waals surface area contributed by atoms with Crippen LogP contribution in [0.5, 0.6) is 11.5 Å². The Morgan fingerprint density at radius 2 is 1.96 bits per heavy atom. The molecule has 0 aliphatic carbocycles. The van der Waals surface area contributed by atoms with Crippen LogP contribution >= 0.6 is 0 Å². The summed E-state index contributed by atoms with van der Waals surface area (Å²) in [6, 6.07) is 8.95. The highest BCUT2D eigenvalue weighted by atomic mass is 19.1. The van der Waals surface area contributed by atoms with Gasteiger partial charge in [-0.05, 0) is 30.3 Å². The Morgan fingerprint density at radius 3 is 2.67 bits per heavy atom. The Hall–Kier alpha value is -3.42. The van der Waals surface area contributed by atoms with E-state index in [-0.39, 0.29) is 29.2 Å². The van der Waals surface area contributed by atoms with E-state index in [9.17, 15) is 19.1 Å². The molecule has 0 aromatic heterocycles. The summed E-state index contributed by atoms with van der Waals surface area (Å²) in [4.78, 5) is 23.3. The fourth-order valence-electron chi connectivity index (χ4n) is 1.75. The van der Waals surface area contributed by atoms with Crippen LogP contribution < -0.4 is 10.7 Å². The lowest BCUT2D eigenvalue weighted by Gasteiger charge is -2.04. The molecule has 2 aromatic carbocycles. The second-order valence-electron chi connectivity index (χ2n) is 4.73. The van der Waals surface area contributed by atoms with Gasteiger partial charge < -0.3 is 15.5 Å². The molecule has 7 nitrogen and oxygen atoms in total. The third-order valence-corrected chi connectivity index (χ3v) is 2.90. The minimum atomic E-state index is -0.603. The van der Waals surface area contributed by atoms with Crippen molar-refractivity contribution in [1.82, 2.24) is 10.7 Å². The molecule has 0 fully saturated rings. The van der Waals surface area contributed by atoms with Crippen LogP contribution in [0.4, 0.5) is 4.39 Å². The van der Waals surface area contributed by atoms with Crippen molar-refractivity contribution in [3.05, 3.63) is 59.4 Å². The van der Waals surface area contributed by atoms with E-state index in [2.05, 4.69) is 15.8 Å². The normalized spacial score (nSPS) is 10.5. The number of phenols is 2. The van der Waals surface area contributed by atoms with Crippen LogP contribution in [0.25, 0.3) is 0 Å². The first-order valence-corrected chi connectivity index (χ1v) is 6.83. The van der Waals surface area contributed by atoms with Gasteiger partial charge in [0.1, 0.15) is 17.3 Å². The predicted octanol–water partition coefficient (Wildman–Crippen LogP) is 1.12. The monoisotopic (exact) mass is 331 g/mol. The molecular formula is C16H14FN3O4. The van der Waals surface area contributed by atoms with Crippen LogP contribution in [-0.2, 0) is 4.79 Å². The minimum Gasteiger partial charge on any atom is -0.508 e. The lowest BCUT2D eigenvalue weighted by atomic mass is 10.2. The Balaban J connectivity index is 1.83. The van der Waals surface area contributed by atoms with Gasteiger partial charge in [-0.25, -0.2) is 9.82 Å². The molecule has 0 unspecified atom stereocenters. The maximum absolute atomic E-state index is 13.0. The first-order chi connectivity index (χ1) is 11.5. The van der Waals surface area contributed by atoms with Crippen LogP contribution in [0, 0.1) is 5.82 Å². The molecule has 0 saturated heterocycles. The molecular weight excluding hydrogens is 317 g/mol. The number of aromatic hydroxyl groups is 2. The van der Waals surface area contributed by atoms with Crippen molar-refractivity contribution < 1.29 is 24.2 Å². The third kappa shape index (κ3) is 4.80. The Bertz CT molecular complexity index is 793. The number of rotatable bonds is 5. The fraction of sp³-hybridized carbons (Fsp3) is 0.0625. The molecule has 0 aliphatic heterocycles. The van der Waals surface area contributed by atoms with E-state index in [0.717, 1.165) is 12.1 Å². The molecule has 0 spiro atoms. The second kappa shape index (κ2) is 7.73. The lowest BCUT2D eigenvalue weighted by molar-refractivity contribution is -0.120. The van der Waals surface area contributed by atoms with E-state index in [1.54, 1.807) is 0 Å². The van der Waals surface area contributed by atoms with E-state index in [4.69, 9.17) is 5.11 Å². The number of nitrogens with one attached hydrogen (secondary N) is 2. The fourth-order valence-corrected chi connectivity index (χ4v) is 1.75. The molecule has 0 atom stereocenters. The molecule has 0 radical (unpaired) electrons. The molecule has 0 bridgehead atoms. The van der Waals surface area contributed by atoms with Crippen molar-refractivity contribution in [3.63, 3.8) is 0 Å². The summed E-state index contributed by atoms with van der Waals surface area (Å²) < 4.78 is 13.0. The number of carbonyl (C=O) groups excluding carboxylic acids is 2. The Labute approximate surface area is 136 Å². The van der Waals surface area contributed by atoms with Crippen LogP contribution in [0.15, 0.2) is 47.6 Å². The van der Waals surface area contributed by atoms with E-state index >= 15 is 0 Å². The van der Waals surface area contributed by atoms with Gasteiger partial charge in [0.25, 0.3) is 11.8 Å². The number of hydrogen-bond donors (Lipinski definition) is 4. The molecule has 0 aliphatic rings. The standard InChI is InChI=1S/C16H14FN3O4/c17-12-3-1-2-10(6-12)16(24)18-9-15(23)20-19-8-11-4-5-13(21)7-14(11)22/h1-8,21-22H,9H2,(H,18,24)(H,20,23). The van der Waals surface area contributed by atoms with Crippen molar-refractivity contribution in [1.29, 1.82) is 0 Å². The number of benzene rings is 2. The molecule has 24 heavy (non-hydrogen) atoms. The summed E-state index contributed by atoms with van der Waals surface area (Å²) in [6.45, 7) is -0.353. The highest BCUT2D eigenvalue weighted by molar-refractivity contribution is 5.96. The number of halogens is 1. The zero-order chi connectivity index (χ0) is 17.5. The number of hydrazone groups is 1. The van der Waals surface area contributed by atoms with Crippen molar-refractivity contribution in [2.75, 3.05) is 6.54 Å². The minimum absolute atomic E-state index is 0.0975. The SMILES string of the molecule is O=C(CNC(=O)c1cccc(F)c1)NN=Cc1ccc(O)cc1O. The number of amides is 2. The van der Waals surface area contributed by atoms with Gasteiger partial charge in [-0.1, -0.05) is 6.07 Å². The molecule has 2 rings (SSSR count). The molecule has 0 heterocycles. The average Bonchev–Trinajstić information content (AvgIpc) is 2.54. The van der Waals surface area contributed by atoms with Crippen molar-refractivity contribution in [2.24, 2.45) is 5.10 Å². The Kier molecular flexibility index (Phi) is 5.45. The van der Waals surface area contributed by atoms with E-state index in [1.807, 2.05) is 0 Å². The van der Waals surface area contributed by atoms with Gasteiger partial charge >= 0.3 is 0 Å². The number of hydrogen-bond acceptors (Lipinski definition) is 5. The molecule has 2 amide bonds. The van der Waals surface area contributed by atoms with Gasteiger partial charge in [0, 0.05) is 17.2 Å². The smallest absolute Gasteiger partial charge is 0.259 e. The van der Waals surface area contributed by atoms with Gasteiger partial charge in [-0.15, -0.1) is 0 Å². The highest BCUT2D eigenvalue weighted by Crippen LogP contribution is 2.20. The van der Waals surface area contributed by atoms with Crippen LogP contribution in [0.3, 0.4) is 0 Å². The van der Waals surface area contributed by atoms with Crippen LogP contribution in [0.2, 0.25) is 0 Å². The van der Waals surface area contributed by atoms with Gasteiger partial charge in [-0.2, -0.15) is 5.10 Å². The zero-order valence-electron chi connectivity index (χ0n) is 12.4. The second-order valence-corrected chi connectivity index (χ2v) is 4.73. The number of phenolic OH excluding ortho intramolecular Hbond substituents is 2. The summed E-state index contributed by atoms with van der Waals surface area (Å²) in [5.41, 5.74) is 2.55. The predicted molar refractivity (Wildman–Crippen MR) is 84.2 cm³/mol. The van der Waals surface area contributed by atoms with Crippen molar-refractivity contribution in [2.45, 2.75) is 0 Å². The molecule has 2 aromatic rings. The van der Waals surface area contributed by atoms with Gasteiger partial charge in [-0.3, -0.25) is 9.59 Å². The number of carbonyl (C=O) groups is 2. The Morgan fingerprint density at radius 1 is 1.17 bits per heavy atom. The van der Waals surface area contributed by atoms with Crippen LogP contribution in [-0.4, -0.2) is 34.8 Å². The summed E-state index contributed by atoms with van der Waals surface area (Å²) in [5.74, 6) is -2.05. The first kappa shape index (κ1) is 16.9. The molecule has 0 saturated carbocycles. The zero-order valence-corrected chi connectivity index (χ0v) is 12.4.